The van der Waals surface area contributed by atoms with Crippen molar-refractivity contribution in [2.24, 2.45) is 0 Å². The highest BCUT2D eigenvalue weighted by molar-refractivity contribution is 5.92. The van der Waals surface area contributed by atoms with Gasteiger partial charge in [-0.25, -0.2) is 0 Å². The van der Waals surface area contributed by atoms with Gasteiger partial charge in [0.15, 0.2) is 11.5 Å². The third-order valence-electron chi connectivity index (χ3n) is 3.58. The number of carbonyl (C=O) groups excluding carboxylic acids is 1. The first kappa shape index (κ1) is 16.9. The minimum absolute atomic E-state index is 0.170. The largest absolute Gasteiger partial charge is 0.358 e. The summed E-state index contributed by atoms with van der Waals surface area (Å²) in [5.41, 5.74) is 1.58. The van der Waals surface area contributed by atoms with Crippen molar-refractivity contribution < 1.29 is 4.79 Å². The third kappa shape index (κ3) is 5.32. The van der Waals surface area contributed by atoms with Crippen LogP contribution in [0.1, 0.15) is 35.8 Å². The van der Waals surface area contributed by atoms with Crippen molar-refractivity contribution in [2.75, 3.05) is 25.0 Å². The number of pyridine rings is 1. The van der Waals surface area contributed by atoms with Gasteiger partial charge in [-0.2, -0.15) is 0 Å². The summed E-state index contributed by atoms with van der Waals surface area (Å²) in [5.74, 6) is 0.584. The summed E-state index contributed by atoms with van der Waals surface area (Å²) in [6, 6.07) is 7.55. The van der Waals surface area contributed by atoms with E-state index in [9.17, 15) is 4.79 Å². The minimum atomic E-state index is -0.170. The molecule has 122 valence electrons. The van der Waals surface area contributed by atoms with Crippen LogP contribution in [0.4, 0.5) is 5.82 Å². The lowest BCUT2D eigenvalue weighted by atomic mass is 10.2. The minimum Gasteiger partial charge on any atom is -0.358 e. The van der Waals surface area contributed by atoms with E-state index in [-0.39, 0.29) is 5.91 Å². The molecule has 2 rings (SSSR count). The van der Waals surface area contributed by atoms with Crippen LogP contribution >= 0.6 is 0 Å². The van der Waals surface area contributed by atoms with E-state index in [0.717, 1.165) is 31.6 Å². The molecule has 6 nitrogen and oxygen atoms in total. The zero-order valence-electron chi connectivity index (χ0n) is 13.7. The Morgan fingerprint density at radius 1 is 1.17 bits per heavy atom. The molecule has 0 atom stereocenters. The van der Waals surface area contributed by atoms with E-state index >= 15 is 0 Å². The lowest BCUT2D eigenvalue weighted by Crippen LogP contribution is -2.26. The molecule has 2 heterocycles. The molecule has 2 aromatic rings. The van der Waals surface area contributed by atoms with Crippen molar-refractivity contribution >= 4 is 11.7 Å². The van der Waals surface area contributed by atoms with E-state index in [1.807, 2.05) is 30.1 Å². The molecule has 0 saturated carbocycles. The van der Waals surface area contributed by atoms with Crippen LogP contribution < -0.4 is 10.2 Å². The number of nitrogens with one attached hydrogen (secondary N) is 1. The van der Waals surface area contributed by atoms with Gasteiger partial charge in [0.1, 0.15) is 0 Å². The lowest BCUT2D eigenvalue weighted by Gasteiger charge is -2.17. The maximum absolute atomic E-state index is 11.9. The Morgan fingerprint density at radius 3 is 2.61 bits per heavy atom. The summed E-state index contributed by atoms with van der Waals surface area (Å²) in [5, 5.41) is 11.0. The number of carbonyl (C=O) groups is 1. The van der Waals surface area contributed by atoms with E-state index in [4.69, 9.17) is 0 Å². The Labute approximate surface area is 137 Å². The molecule has 0 aliphatic carbocycles. The first-order chi connectivity index (χ1) is 11.2. The van der Waals surface area contributed by atoms with Gasteiger partial charge in [-0.05, 0) is 42.7 Å². The van der Waals surface area contributed by atoms with Crippen molar-refractivity contribution in [1.82, 2.24) is 20.5 Å². The van der Waals surface area contributed by atoms with Gasteiger partial charge in [0.25, 0.3) is 5.91 Å². The molecule has 23 heavy (non-hydrogen) atoms. The number of rotatable bonds is 8. The summed E-state index contributed by atoms with van der Waals surface area (Å²) >= 11 is 0. The number of nitrogens with zero attached hydrogens (tertiary/aromatic N) is 4. The van der Waals surface area contributed by atoms with E-state index in [1.54, 1.807) is 18.5 Å². The molecule has 0 spiro atoms. The topological polar surface area (TPSA) is 71.0 Å². The summed E-state index contributed by atoms with van der Waals surface area (Å²) in [6.45, 7) is 3.58. The highest BCUT2D eigenvalue weighted by Gasteiger charge is 2.09. The zero-order chi connectivity index (χ0) is 16.5. The predicted molar refractivity (Wildman–Crippen MR) is 90.5 cm³/mol. The number of likely N-dealkylation sites (N-methyl/N-ethyl adjacent to an activating group) is 1. The molecule has 1 amide bonds. The molecule has 1 N–H and O–H groups in total. The number of unbranched alkanes of at least 4 members (excludes halogenated alkanes) is 1. The summed E-state index contributed by atoms with van der Waals surface area (Å²) in [4.78, 5) is 17.9. The van der Waals surface area contributed by atoms with Crippen LogP contribution in [0, 0.1) is 0 Å². The fraction of sp³-hybridized carbons (Fsp3) is 0.412. The second-order valence-corrected chi connectivity index (χ2v) is 5.41. The van der Waals surface area contributed by atoms with Crippen LogP contribution in [0.25, 0.3) is 0 Å². The second-order valence-electron chi connectivity index (χ2n) is 5.41. The van der Waals surface area contributed by atoms with Crippen LogP contribution in [-0.2, 0) is 6.42 Å². The van der Waals surface area contributed by atoms with Crippen molar-refractivity contribution in [2.45, 2.75) is 26.2 Å². The smallest absolute Gasteiger partial charge is 0.271 e. The standard InChI is InChI=1S/C17H23N5O/c1-3-4-10-19-17(23)15-5-6-16(21-20-15)22(2)13-9-14-7-11-18-12-8-14/h5-8,11-12H,3-4,9-10,13H2,1-2H3,(H,19,23). The summed E-state index contributed by atoms with van der Waals surface area (Å²) < 4.78 is 0. The average molecular weight is 313 g/mol. The highest BCUT2D eigenvalue weighted by Crippen LogP contribution is 2.09. The molecule has 2 aromatic heterocycles. The Bertz CT molecular complexity index is 600. The quantitative estimate of drug-likeness (QED) is 0.756. The fourth-order valence-corrected chi connectivity index (χ4v) is 2.08. The molecule has 0 bridgehead atoms. The van der Waals surface area contributed by atoms with Gasteiger partial charge < -0.3 is 10.2 Å². The maximum atomic E-state index is 11.9. The van der Waals surface area contributed by atoms with E-state index in [0.29, 0.717) is 12.2 Å². The van der Waals surface area contributed by atoms with E-state index in [2.05, 4.69) is 27.4 Å². The highest BCUT2D eigenvalue weighted by atomic mass is 16.1. The summed E-state index contributed by atoms with van der Waals surface area (Å²) in [6.07, 6.45) is 6.50. The normalized spacial score (nSPS) is 10.3. The Kier molecular flexibility index (Phi) is 6.47. The SMILES string of the molecule is CCCCNC(=O)c1ccc(N(C)CCc2ccncc2)nn1. The first-order valence-electron chi connectivity index (χ1n) is 7.92. The van der Waals surface area contributed by atoms with Crippen LogP contribution in [0.3, 0.4) is 0 Å². The second kappa shape index (κ2) is 8.82. The third-order valence-corrected chi connectivity index (χ3v) is 3.58. The molecule has 0 radical (unpaired) electrons. The molecule has 0 unspecified atom stereocenters. The molecule has 6 heteroatoms. The Morgan fingerprint density at radius 2 is 1.96 bits per heavy atom. The van der Waals surface area contributed by atoms with Gasteiger partial charge in [0.2, 0.25) is 0 Å². The average Bonchev–Trinajstić information content (AvgIpc) is 2.61. The van der Waals surface area contributed by atoms with Crippen LogP contribution in [-0.4, -0.2) is 41.2 Å². The molecular weight excluding hydrogens is 290 g/mol. The molecule has 0 fully saturated rings. The number of amides is 1. The Balaban J connectivity index is 1.87. The summed E-state index contributed by atoms with van der Waals surface area (Å²) in [7, 11) is 1.96. The van der Waals surface area contributed by atoms with Crippen molar-refractivity contribution in [3.8, 4) is 0 Å². The Hall–Kier alpha value is -2.50. The monoisotopic (exact) mass is 313 g/mol. The van der Waals surface area contributed by atoms with Crippen LogP contribution in [0.5, 0.6) is 0 Å². The van der Waals surface area contributed by atoms with Gasteiger partial charge in [-0.15, -0.1) is 10.2 Å². The van der Waals surface area contributed by atoms with E-state index in [1.165, 1.54) is 5.56 Å². The number of hydrogen-bond acceptors (Lipinski definition) is 5. The van der Waals surface area contributed by atoms with Crippen molar-refractivity contribution in [3.05, 3.63) is 47.9 Å². The number of aromatic nitrogens is 3. The molecule has 0 saturated heterocycles. The fourth-order valence-electron chi connectivity index (χ4n) is 2.08. The first-order valence-corrected chi connectivity index (χ1v) is 7.92. The zero-order valence-corrected chi connectivity index (χ0v) is 13.7. The molecule has 0 aliphatic heterocycles. The van der Waals surface area contributed by atoms with Crippen molar-refractivity contribution in [1.29, 1.82) is 0 Å². The number of hydrogen-bond donors (Lipinski definition) is 1. The van der Waals surface area contributed by atoms with Gasteiger partial charge >= 0.3 is 0 Å². The van der Waals surface area contributed by atoms with Crippen molar-refractivity contribution in [3.63, 3.8) is 0 Å². The van der Waals surface area contributed by atoms with Gasteiger partial charge in [-0.1, -0.05) is 13.3 Å². The van der Waals surface area contributed by atoms with Crippen LogP contribution in [0.2, 0.25) is 0 Å². The van der Waals surface area contributed by atoms with Gasteiger partial charge in [0, 0.05) is 32.5 Å². The van der Waals surface area contributed by atoms with E-state index < -0.39 is 0 Å². The predicted octanol–water partition coefficient (Wildman–Crippen LogP) is 2.08. The van der Waals surface area contributed by atoms with Gasteiger partial charge in [0.05, 0.1) is 0 Å². The number of anilines is 1. The molecule has 0 aliphatic rings. The van der Waals surface area contributed by atoms with Gasteiger partial charge in [-0.3, -0.25) is 9.78 Å². The maximum Gasteiger partial charge on any atom is 0.271 e. The molecular formula is C17H23N5O. The van der Waals surface area contributed by atoms with Crippen LogP contribution in [0.15, 0.2) is 36.7 Å². The lowest BCUT2D eigenvalue weighted by molar-refractivity contribution is 0.0947. The molecule has 0 aromatic carbocycles.